The van der Waals surface area contributed by atoms with Crippen molar-refractivity contribution in [2.45, 2.75) is 19.4 Å². The average molecular weight is 242 g/mol. The Morgan fingerprint density at radius 1 is 1.44 bits per heavy atom. The number of pyridine rings is 1. The number of rotatable bonds is 1. The molecule has 1 aromatic heterocycles. The van der Waals surface area contributed by atoms with Gasteiger partial charge >= 0.3 is 0 Å². The van der Waals surface area contributed by atoms with Crippen molar-refractivity contribution in [3.8, 4) is 6.07 Å². The first-order valence-electron chi connectivity index (χ1n) is 6.47. The van der Waals surface area contributed by atoms with E-state index in [0.717, 1.165) is 31.2 Å². The lowest BCUT2D eigenvalue weighted by Crippen LogP contribution is -2.44. The first-order valence-corrected chi connectivity index (χ1v) is 6.47. The fraction of sp³-hybridized carbons (Fsp3) is 0.571. The fourth-order valence-corrected chi connectivity index (χ4v) is 3.47. The smallest absolute Gasteiger partial charge is 0.140 e. The van der Waals surface area contributed by atoms with E-state index in [1.165, 1.54) is 0 Å². The van der Waals surface area contributed by atoms with Gasteiger partial charge in [-0.25, -0.2) is 4.98 Å². The molecule has 0 bridgehead atoms. The number of anilines is 1. The van der Waals surface area contributed by atoms with Gasteiger partial charge in [0.15, 0.2) is 0 Å². The molecule has 0 aromatic carbocycles. The summed E-state index contributed by atoms with van der Waals surface area (Å²) in [5.41, 5.74) is 1.77. The van der Waals surface area contributed by atoms with Crippen LogP contribution in [0, 0.1) is 23.2 Å². The van der Waals surface area contributed by atoms with Crippen LogP contribution < -0.4 is 10.2 Å². The van der Waals surface area contributed by atoms with Crippen molar-refractivity contribution in [3.63, 3.8) is 0 Å². The minimum Gasteiger partial charge on any atom is -0.364 e. The summed E-state index contributed by atoms with van der Waals surface area (Å²) in [6, 6.07) is 5.88. The number of hydrogen-bond acceptors (Lipinski definition) is 4. The lowest BCUT2D eigenvalue weighted by atomic mass is 9.85. The maximum atomic E-state index is 8.79. The van der Waals surface area contributed by atoms with Gasteiger partial charge in [-0.15, -0.1) is 0 Å². The number of hydrogen-bond donors (Lipinski definition) is 1. The summed E-state index contributed by atoms with van der Waals surface area (Å²) >= 11 is 0. The second-order valence-corrected chi connectivity index (χ2v) is 5.80. The summed E-state index contributed by atoms with van der Waals surface area (Å²) in [5.74, 6) is 1.43. The van der Waals surface area contributed by atoms with Gasteiger partial charge in [0.05, 0.1) is 11.9 Å². The summed E-state index contributed by atoms with van der Waals surface area (Å²) in [6.45, 7) is 7.93. The van der Waals surface area contributed by atoms with E-state index in [9.17, 15) is 0 Å². The Bertz CT molecular complexity index is 486. The van der Waals surface area contributed by atoms with Gasteiger partial charge in [0.1, 0.15) is 11.8 Å². The first kappa shape index (κ1) is 11.5. The SMILES string of the molecule is CC1(C)C2CNCC2CN1c1ccc(C#N)nc1. The Hall–Kier alpha value is -1.60. The van der Waals surface area contributed by atoms with E-state index in [1.807, 2.05) is 12.3 Å². The van der Waals surface area contributed by atoms with Crippen LogP contribution in [0.5, 0.6) is 0 Å². The van der Waals surface area contributed by atoms with Crippen LogP contribution in [0.4, 0.5) is 5.69 Å². The van der Waals surface area contributed by atoms with Gasteiger partial charge in [0.25, 0.3) is 0 Å². The van der Waals surface area contributed by atoms with Crippen molar-refractivity contribution in [1.29, 1.82) is 5.26 Å². The monoisotopic (exact) mass is 242 g/mol. The summed E-state index contributed by atoms with van der Waals surface area (Å²) in [4.78, 5) is 6.62. The van der Waals surface area contributed by atoms with Gasteiger partial charge in [-0.05, 0) is 37.8 Å². The van der Waals surface area contributed by atoms with Gasteiger partial charge in [-0.3, -0.25) is 0 Å². The van der Waals surface area contributed by atoms with Gasteiger partial charge in [0, 0.05) is 25.2 Å². The van der Waals surface area contributed by atoms with Crippen LogP contribution in [-0.4, -0.2) is 30.2 Å². The van der Waals surface area contributed by atoms with Crippen LogP contribution in [0.1, 0.15) is 19.5 Å². The topological polar surface area (TPSA) is 52.0 Å². The van der Waals surface area contributed by atoms with Crippen molar-refractivity contribution in [2.75, 3.05) is 24.5 Å². The van der Waals surface area contributed by atoms with E-state index in [1.54, 1.807) is 6.07 Å². The molecule has 0 spiro atoms. The standard InChI is InChI=1S/C14H18N4/c1-14(2)13-8-16-6-10(13)9-18(14)12-4-3-11(5-15)17-7-12/h3-4,7,10,13,16H,6,8-9H2,1-2H3. The van der Waals surface area contributed by atoms with Crippen molar-refractivity contribution in [1.82, 2.24) is 10.3 Å². The number of nitrogens with one attached hydrogen (secondary N) is 1. The molecule has 4 heteroatoms. The van der Waals surface area contributed by atoms with Crippen molar-refractivity contribution in [2.24, 2.45) is 11.8 Å². The van der Waals surface area contributed by atoms with E-state index in [4.69, 9.17) is 5.26 Å². The van der Waals surface area contributed by atoms with Gasteiger partial charge < -0.3 is 10.2 Å². The quantitative estimate of drug-likeness (QED) is 0.808. The van der Waals surface area contributed by atoms with Crippen LogP contribution in [0.2, 0.25) is 0 Å². The third-order valence-electron chi connectivity index (χ3n) is 4.53. The molecule has 0 radical (unpaired) electrons. The molecule has 18 heavy (non-hydrogen) atoms. The Morgan fingerprint density at radius 3 is 2.89 bits per heavy atom. The highest BCUT2D eigenvalue weighted by Gasteiger charge is 2.49. The molecule has 0 aliphatic carbocycles. The molecule has 2 aliphatic rings. The highest BCUT2D eigenvalue weighted by Crippen LogP contribution is 2.42. The zero-order chi connectivity index (χ0) is 12.8. The predicted molar refractivity (Wildman–Crippen MR) is 70.2 cm³/mol. The van der Waals surface area contributed by atoms with Crippen LogP contribution in [0.3, 0.4) is 0 Å². The second kappa shape index (κ2) is 3.96. The second-order valence-electron chi connectivity index (χ2n) is 5.80. The molecule has 94 valence electrons. The lowest BCUT2D eigenvalue weighted by molar-refractivity contribution is 0.357. The van der Waals surface area contributed by atoms with Crippen LogP contribution in [0.15, 0.2) is 18.3 Å². The molecule has 2 unspecified atom stereocenters. The maximum Gasteiger partial charge on any atom is 0.140 e. The van der Waals surface area contributed by atoms with Crippen molar-refractivity contribution >= 4 is 5.69 Å². The Morgan fingerprint density at radius 2 is 2.28 bits per heavy atom. The molecule has 0 saturated carbocycles. The van der Waals surface area contributed by atoms with E-state index in [2.05, 4.69) is 35.1 Å². The summed E-state index contributed by atoms with van der Waals surface area (Å²) in [5, 5.41) is 12.3. The molecule has 4 nitrogen and oxygen atoms in total. The lowest BCUT2D eigenvalue weighted by Gasteiger charge is -2.37. The minimum absolute atomic E-state index is 0.157. The zero-order valence-electron chi connectivity index (χ0n) is 10.8. The molecule has 0 amide bonds. The van der Waals surface area contributed by atoms with Crippen molar-refractivity contribution in [3.05, 3.63) is 24.0 Å². The molecule has 1 aromatic rings. The Kier molecular flexibility index (Phi) is 2.53. The highest BCUT2D eigenvalue weighted by atomic mass is 15.3. The van der Waals surface area contributed by atoms with Gasteiger partial charge in [-0.2, -0.15) is 5.26 Å². The third kappa shape index (κ3) is 1.58. The van der Waals surface area contributed by atoms with Gasteiger partial charge in [-0.1, -0.05) is 0 Å². The summed E-state index contributed by atoms with van der Waals surface area (Å²) in [6.07, 6.45) is 1.83. The highest BCUT2D eigenvalue weighted by molar-refractivity contribution is 5.50. The molecule has 3 heterocycles. The Balaban J connectivity index is 1.90. The average Bonchev–Trinajstić information content (AvgIpc) is 2.92. The minimum atomic E-state index is 0.157. The molecule has 1 N–H and O–H groups in total. The van der Waals surface area contributed by atoms with Crippen LogP contribution >= 0.6 is 0 Å². The summed E-state index contributed by atoms with van der Waals surface area (Å²) in [7, 11) is 0. The fourth-order valence-electron chi connectivity index (χ4n) is 3.47. The molecule has 2 atom stereocenters. The number of nitrogens with zero attached hydrogens (tertiary/aromatic N) is 3. The number of nitriles is 1. The molecule has 2 aliphatic heterocycles. The van der Waals surface area contributed by atoms with E-state index in [-0.39, 0.29) is 5.54 Å². The molecule has 3 rings (SSSR count). The number of fused-ring (bicyclic) bond motifs is 1. The largest absolute Gasteiger partial charge is 0.364 e. The third-order valence-corrected chi connectivity index (χ3v) is 4.53. The van der Waals surface area contributed by atoms with E-state index >= 15 is 0 Å². The molecule has 2 fully saturated rings. The van der Waals surface area contributed by atoms with Gasteiger partial charge in [0.2, 0.25) is 0 Å². The summed E-state index contributed by atoms with van der Waals surface area (Å²) < 4.78 is 0. The van der Waals surface area contributed by atoms with Crippen molar-refractivity contribution < 1.29 is 0 Å². The van der Waals surface area contributed by atoms with E-state index in [0.29, 0.717) is 11.6 Å². The van der Waals surface area contributed by atoms with Crippen LogP contribution in [-0.2, 0) is 0 Å². The Labute approximate surface area is 108 Å². The zero-order valence-corrected chi connectivity index (χ0v) is 10.8. The predicted octanol–water partition coefficient (Wildman–Crippen LogP) is 1.39. The van der Waals surface area contributed by atoms with E-state index < -0.39 is 0 Å². The normalized spacial score (nSPS) is 29.1. The molecule has 2 saturated heterocycles. The molecular formula is C14H18N4. The molecular weight excluding hydrogens is 224 g/mol. The van der Waals surface area contributed by atoms with Crippen LogP contribution in [0.25, 0.3) is 0 Å². The first-order chi connectivity index (χ1) is 8.63. The maximum absolute atomic E-state index is 8.79. The number of aromatic nitrogens is 1.